The van der Waals surface area contributed by atoms with Gasteiger partial charge in [0.05, 0.1) is 15.9 Å². The van der Waals surface area contributed by atoms with E-state index in [0.29, 0.717) is 12.5 Å². The number of likely N-dealkylation sites (tertiary alicyclic amines) is 1. The number of halogens is 1. The summed E-state index contributed by atoms with van der Waals surface area (Å²) in [4.78, 5) is 13.2. The van der Waals surface area contributed by atoms with Gasteiger partial charge in [-0.2, -0.15) is 5.10 Å². The molecule has 106 valence electrons. The average molecular weight is 329 g/mol. The quantitative estimate of drug-likeness (QED) is 0.910. The molecule has 2 rings (SSSR count). The van der Waals surface area contributed by atoms with E-state index in [2.05, 4.69) is 33.3 Å². The first-order chi connectivity index (χ1) is 9.02. The van der Waals surface area contributed by atoms with Gasteiger partial charge in [-0.25, -0.2) is 0 Å². The number of likely N-dealkylation sites (N-methyl/N-ethyl adjacent to an activating group) is 1. The second-order valence-corrected chi connectivity index (χ2v) is 5.87. The first-order valence-electron chi connectivity index (χ1n) is 6.70. The van der Waals surface area contributed by atoms with E-state index in [0.717, 1.165) is 41.8 Å². The summed E-state index contributed by atoms with van der Waals surface area (Å²) in [6.45, 7) is 3.66. The number of piperidine rings is 1. The second-order valence-electron chi connectivity index (χ2n) is 5.08. The topological polar surface area (TPSA) is 50.2 Å². The van der Waals surface area contributed by atoms with Gasteiger partial charge in [0.1, 0.15) is 0 Å². The number of hydrogen-bond donors (Lipinski definition) is 1. The van der Waals surface area contributed by atoms with Crippen molar-refractivity contribution >= 4 is 21.8 Å². The summed E-state index contributed by atoms with van der Waals surface area (Å²) >= 11 is 3.62. The molecule has 0 radical (unpaired) electrons. The molecule has 1 N–H and O–H groups in total. The monoisotopic (exact) mass is 328 g/mol. The largest absolute Gasteiger partial charge is 0.344 e. The number of rotatable bonds is 4. The minimum Gasteiger partial charge on any atom is -0.344 e. The normalized spacial score (nSPS) is 20.1. The van der Waals surface area contributed by atoms with Crippen LogP contribution in [0.1, 0.15) is 31.2 Å². The van der Waals surface area contributed by atoms with Gasteiger partial charge >= 0.3 is 0 Å². The molecular weight excluding hydrogens is 308 g/mol. The molecule has 19 heavy (non-hydrogen) atoms. The second kappa shape index (κ2) is 6.05. The third-order valence-corrected chi connectivity index (χ3v) is 4.60. The highest BCUT2D eigenvalue weighted by Gasteiger charge is 2.23. The predicted octanol–water partition coefficient (Wildman–Crippen LogP) is 1.46. The van der Waals surface area contributed by atoms with Crippen LogP contribution in [0.15, 0.2) is 4.47 Å². The summed E-state index contributed by atoms with van der Waals surface area (Å²) in [5.74, 6) is 0.244. The van der Waals surface area contributed by atoms with Gasteiger partial charge in [0.15, 0.2) is 0 Å². The van der Waals surface area contributed by atoms with Crippen LogP contribution in [0.3, 0.4) is 0 Å². The van der Waals surface area contributed by atoms with Crippen LogP contribution in [-0.2, 0) is 24.8 Å². The lowest BCUT2D eigenvalue weighted by atomic mass is 10.1. The summed E-state index contributed by atoms with van der Waals surface area (Å²) in [7, 11) is 3.84. The minimum atomic E-state index is 0.244. The molecule has 1 aliphatic heterocycles. The Labute approximate surface area is 122 Å². The lowest BCUT2D eigenvalue weighted by Gasteiger charge is -2.30. The van der Waals surface area contributed by atoms with E-state index in [4.69, 9.17) is 0 Å². The smallest absolute Gasteiger partial charge is 0.222 e. The Kier molecular flexibility index (Phi) is 4.62. The van der Waals surface area contributed by atoms with Gasteiger partial charge in [-0.1, -0.05) is 6.92 Å². The number of aromatic nitrogens is 2. The van der Waals surface area contributed by atoms with Gasteiger partial charge in [-0.3, -0.25) is 9.48 Å². The molecule has 0 aromatic carbocycles. The van der Waals surface area contributed by atoms with Crippen LogP contribution in [0.4, 0.5) is 0 Å². The summed E-state index contributed by atoms with van der Waals surface area (Å²) in [5, 5.41) is 8.01. The van der Waals surface area contributed by atoms with E-state index >= 15 is 0 Å². The summed E-state index contributed by atoms with van der Waals surface area (Å²) in [6.07, 6.45) is 2.48. The Morgan fingerprint density at radius 2 is 2.21 bits per heavy atom. The van der Waals surface area contributed by atoms with Gasteiger partial charge in [0, 0.05) is 39.6 Å². The van der Waals surface area contributed by atoms with Gasteiger partial charge < -0.3 is 10.2 Å². The van der Waals surface area contributed by atoms with Crippen LogP contribution >= 0.6 is 15.9 Å². The van der Waals surface area contributed by atoms with Crippen LogP contribution < -0.4 is 5.32 Å². The highest BCUT2D eigenvalue weighted by atomic mass is 79.9. The maximum atomic E-state index is 11.4. The molecule has 1 atom stereocenters. The van der Waals surface area contributed by atoms with Crippen LogP contribution in [0.5, 0.6) is 0 Å². The maximum absolute atomic E-state index is 11.4. The number of hydrogen-bond acceptors (Lipinski definition) is 3. The molecule has 6 heteroatoms. The summed E-state index contributed by atoms with van der Waals surface area (Å²) in [5.41, 5.74) is 2.26. The van der Waals surface area contributed by atoms with Crippen molar-refractivity contribution in [3.05, 3.63) is 15.9 Å². The van der Waals surface area contributed by atoms with Crippen LogP contribution in [0, 0.1) is 0 Å². The molecule has 1 saturated heterocycles. The van der Waals surface area contributed by atoms with Crippen molar-refractivity contribution in [2.45, 2.75) is 38.8 Å². The molecule has 1 aromatic heterocycles. The lowest BCUT2D eigenvalue weighted by molar-refractivity contribution is -0.132. The van der Waals surface area contributed by atoms with Crippen molar-refractivity contribution in [1.82, 2.24) is 20.0 Å². The molecule has 0 bridgehead atoms. The van der Waals surface area contributed by atoms with Crippen LogP contribution in [0.25, 0.3) is 0 Å². The van der Waals surface area contributed by atoms with Crippen LogP contribution in [-0.4, -0.2) is 40.2 Å². The number of nitrogens with one attached hydrogen (secondary N) is 1. The molecule has 2 heterocycles. The Balaban J connectivity index is 1.96. The Hall–Kier alpha value is -0.880. The number of carbonyl (C=O) groups excluding carboxylic acids is 1. The molecular formula is C13H21BrN4O. The first-order valence-corrected chi connectivity index (χ1v) is 7.49. The highest BCUT2D eigenvalue weighted by molar-refractivity contribution is 9.10. The summed E-state index contributed by atoms with van der Waals surface area (Å²) in [6, 6.07) is 0.370. The van der Waals surface area contributed by atoms with E-state index in [1.54, 1.807) is 4.90 Å². The van der Waals surface area contributed by atoms with Crippen molar-refractivity contribution in [2.75, 3.05) is 13.6 Å². The molecule has 0 spiro atoms. The van der Waals surface area contributed by atoms with Gasteiger partial charge in [-0.15, -0.1) is 0 Å². The fourth-order valence-corrected chi connectivity index (χ4v) is 3.19. The van der Waals surface area contributed by atoms with Crippen molar-refractivity contribution < 1.29 is 4.79 Å². The van der Waals surface area contributed by atoms with Crippen molar-refractivity contribution in [3.8, 4) is 0 Å². The molecule has 5 nitrogen and oxygen atoms in total. The van der Waals surface area contributed by atoms with Crippen LogP contribution in [0.2, 0.25) is 0 Å². The van der Waals surface area contributed by atoms with E-state index in [-0.39, 0.29) is 5.91 Å². The lowest BCUT2D eigenvalue weighted by Crippen LogP contribution is -2.46. The molecule has 0 saturated carbocycles. The third-order valence-electron chi connectivity index (χ3n) is 3.69. The summed E-state index contributed by atoms with van der Waals surface area (Å²) < 4.78 is 3.03. The Bertz CT molecular complexity index is 471. The van der Waals surface area contributed by atoms with Crippen molar-refractivity contribution in [1.29, 1.82) is 0 Å². The molecule has 0 aliphatic carbocycles. The Morgan fingerprint density at radius 1 is 1.47 bits per heavy atom. The average Bonchev–Trinajstić information content (AvgIpc) is 2.66. The SMILES string of the molecule is CCc1nn(C)c(CNC2CCC(=O)N(C)C2)c1Br. The number of nitrogens with zero attached hydrogens (tertiary/aromatic N) is 3. The molecule has 1 aliphatic rings. The minimum absolute atomic E-state index is 0.244. The standard InChI is InChI=1S/C13H21BrN4O/c1-4-10-13(14)11(18(3)16-10)7-15-9-5-6-12(19)17(2)8-9/h9,15H,4-8H2,1-3H3. The number of amides is 1. The van der Waals surface area contributed by atoms with Crippen molar-refractivity contribution in [3.63, 3.8) is 0 Å². The molecule has 1 aromatic rings. The molecule has 1 fully saturated rings. The zero-order valence-corrected chi connectivity index (χ0v) is 13.3. The third kappa shape index (κ3) is 3.17. The van der Waals surface area contributed by atoms with E-state index in [1.165, 1.54) is 0 Å². The predicted molar refractivity (Wildman–Crippen MR) is 77.8 cm³/mol. The van der Waals surface area contributed by atoms with Gasteiger partial charge in [0.25, 0.3) is 0 Å². The van der Waals surface area contributed by atoms with Gasteiger partial charge in [-0.05, 0) is 28.8 Å². The zero-order chi connectivity index (χ0) is 14.0. The molecule has 1 amide bonds. The maximum Gasteiger partial charge on any atom is 0.222 e. The Morgan fingerprint density at radius 3 is 2.79 bits per heavy atom. The van der Waals surface area contributed by atoms with E-state index in [9.17, 15) is 4.79 Å². The molecule has 1 unspecified atom stereocenters. The van der Waals surface area contributed by atoms with E-state index < -0.39 is 0 Å². The fourth-order valence-electron chi connectivity index (χ4n) is 2.43. The van der Waals surface area contributed by atoms with Gasteiger partial charge in [0.2, 0.25) is 5.91 Å². The highest BCUT2D eigenvalue weighted by Crippen LogP contribution is 2.21. The zero-order valence-electron chi connectivity index (χ0n) is 11.7. The number of aryl methyl sites for hydroxylation is 2. The first kappa shape index (κ1) is 14.5. The van der Waals surface area contributed by atoms with E-state index in [1.807, 2.05) is 18.8 Å². The van der Waals surface area contributed by atoms with Crippen molar-refractivity contribution in [2.24, 2.45) is 7.05 Å². The fraction of sp³-hybridized carbons (Fsp3) is 0.692. The number of carbonyl (C=O) groups is 1.